The molecule has 0 bridgehead atoms. The molecular formula is C11H6Br2ClFN2. The van der Waals surface area contributed by atoms with Crippen molar-refractivity contribution in [1.29, 1.82) is 0 Å². The van der Waals surface area contributed by atoms with Crippen LogP contribution in [-0.2, 0) is 0 Å². The number of rotatable bonds is 2. The van der Waals surface area contributed by atoms with E-state index in [1.165, 1.54) is 12.3 Å². The summed E-state index contributed by atoms with van der Waals surface area (Å²) in [5, 5.41) is 3.41. The van der Waals surface area contributed by atoms with Gasteiger partial charge in [0.25, 0.3) is 0 Å². The summed E-state index contributed by atoms with van der Waals surface area (Å²) >= 11 is 12.4. The van der Waals surface area contributed by atoms with Crippen molar-refractivity contribution in [3.63, 3.8) is 0 Å². The highest BCUT2D eigenvalue weighted by molar-refractivity contribution is 9.11. The van der Waals surface area contributed by atoms with Crippen LogP contribution in [0.4, 0.5) is 15.9 Å². The first-order valence-corrected chi connectivity index (χ1v) is 6.56. The third-order valence-electron chi connectivity index (χ3n) is 2.01. The quantitative estimate of drug-likeness (QED) is 0.780. The number of benzene rings is 1. The summed E-state index contributed by atoms with van der Waals surface area (Å²) in [5.74, 6) is 0.142. The van der Waals surface area contributed by atoms with Crippen molar-refractivity contribution in [3.05, 3.63) is 50.2 Å². The maximum absolute atomic E-state index is 13.6. The van der Waals surface area contributed by atoms with Crippen LogP contribution < -0.4 is 5.32 Å². The molecular weight excluding hydrogens is 374 g/mol. The van der Waals surface area contributed by atoms with E-state index in [0.29, 0.717) is 25.5 Å². The van der Waals surface area contributed by atoms with Crippen molar-refractivity contribution in [1.82, 2.24) is 4.98 Å². The molecule has 1 aromatic heterocycles. The number of para-hydroxylation sites is 1. The van der Waals surface area contributed by atoms with Gasteiger partial charge in [-0.3, -0.25) is 0 Å². The lowest BCUT2D eigenvalue weighted by Gasteiger charge is -2.10. The number of hydrogen-bond acceptors (Lipinski definition) is 2. The second kappa shape index (κ2) is 5.33. The first kappa shape index (κ1) is 12.8. The zero-order valence-electron chi connectivity index (χ0n) is 8.35. The molecule has 1 aromatic carbocycles. The van der Waals surface area contributed by atoms with Crippen LogP contribution in [-0.4, -0.2) is 4.98 Å². The van der Waals surface area contributed by atoms with Gasteiger partial charge in [-0.1, -0.05) is 17.7 Å². The van der Waals surface area contributed by atoms with Crippen LogP contribution in [0.5, 0.6) is 0 Å². The van der Waals surface area contributed by atoms with Gasteiger partial charge in [-0.15, -0.1) is 0 Å². The largest absolute Gasteiger partial charge is 0.336 e. The summed E-state index contributed by atoms with van der Waals surface area (Å²) in [4.78, 5) is 4.08. The number of pyridine rings is 1. The second-order valence-corrected chi connectivity index (χ2v) is 5.35. The van der Waals surface area contributed by atoms with Crippen molar-refractivity contribution in [2.24, 2.45) is 0 Å². The van der Waals surface area contributed by atoms with Crippen LogP contribution in [0.1, 0.15) is 0 Å². The molecule has 1 N–H and O–H groups in total. The van der Waals surface area contributed by atoms with E-state index in [2.05, 4.69) is 42.2 Å². The molecule has 0 aliphatic carbocycles. The maximum Gasteiger partial charge on any atom is 0.147 e. The lowest BCUT2D eigenvalue weighted by Crippen LogP contribution is -1.98. The Bertz CT molecular complexity index is 543. The molecule has 0 radical (unpaired) electrons. The summed E-state index contributed by atoms with van der Waals surface area (Å²) in [5.41, 5.74) is 0.336. The van der Waals surface area contributed by atoms with E-state index in [0.717, 1.165) is 0 Å². The van der Waals surface area contributed by atoms with E-state index in [-0.39, 0.29) is 5.82 Å². The number of nitrogens with one attached hydrogen (secondary N) is 1. The molecule has 0 saturated carbocycles. The van der Waals surface area contributed by atoms with E-state index >= 15 is 0 Å². The molecule has 0 atom stereocenters. The number of anilines is 2. The molecule has 17 heavy (non-hydrogen) atoms. The van der Waals surface area contributed by atoms with Gasteiger partial charge in [-0.25, -0.2) is 9.37 Å². The Morgan fingerprint density at radius 2 is 2.00 bits per heavy atom. The molecule has 2 rings (SSSR count). The van der Waals surface area contributed by atoms with Gasteiger partial charge in [0.15, 0.2) is 0 Å². The van der Waals surface area contributed by atoms with Crippen molar-refractivity contribution < 1.29 is 4.39 Å². The third-order valence-corrected chi connectivity index (χ3v) is 3.49. The first-order valence-electron chi connectivity index (χ1n) is 4.60. The highest BCUT2D eigenvalue weighted by Gasteiger charge is 2.09. The van der Waals surface area contributed by atoms with Gasteiger partial charge in [-0.2, -0.15) is 0 Å². The Labute approximate surface area is 119 Å². The summed E-state index contributed by atoms with van der Waals surface area (Å²) in [6.45, 7) is 0. The minimum absolute atomic E-state index is 0.336. The van der Waals surface area contributed by atoms with Gasteiger partial charge in [-0.05, 0) is 50.1 Å². The molecule has 6 heteroatoms. The average Bonchev–Trinajstić information content (AvgIpc) is 2.26. The molecule has 2 aromatic rings. The normalized spacial score (nSPS) is 10.4. The van der Waals surface area contributed by atoms with Crippen LogP contribution in [0.25, 0.3) is 0 Å². The highest BCUT2D eigenvalue weighted by Crippen LogP contribution is 2.31. The molecule has 0 unspecified atom stereocenters. The third kappa shape index (κ3) is 2.97. The number of nitrogens with zero attached hydrogens (tertiary/aromatic N) is 1. The molecule has 0 aliphatic heterocycles. The number of halogens is 4. The summed E-state index contributed by atoms with van der Waals surface area (Å²) in [7, 11) is 0. The first-order chi connectivity index (χ1) is 8.08. The Morgan fingerprint density at radius 1 is 1.24 bits per heavy atom. The highest BCUT2D eigenvalue weighted by atomic mass is 79.9. The lowest BCUT2D eigenvalue weighted by atomic mass is 10.3. The maximum atomic E-state index is 13.6. The zero-order valence-corrected chi connectivity index (χ0v) is 12.3. The van der Waals surface area contributed by atoms with Crippen LogP contribution in [0, 0.1) is 5.82 Å². The van der Waals surface area contributed by atoms with Crippen LogP contribution >= 0.6 is 43.5 Å². The molecule has 0 amide bonds. The van der Waals surface area contributed by atoms with Gasteiger partial charge < -0.3 is 5.32 Å². The van der Waals surface area contributed by atoms with Gasteiger partial charge in [0.05, 0.1) is 15.2 Å². The Balaban J connectivity index is 2.38. The van der Waals surface area contributed by atoms with Crippen molar-refractivity contribution >= 4 is 55.0 Å². The van der Waals surface area contributed by atoms with Crippen LogP contribution in [0.3, 0.4) is 0 Å². The fourth-order valence-corrected chi connectivity index (χ4v) is 2.42. The Kier molecular flexibility index (Phi) is 4.01. The van der Waals surface area contributed by atoms with E-state index < -0.39 is 0 Å². The Morgan fingerprint density at radius 3 is 2.65 bits per heavy atom. The topological polar surface area (TPSA) is 24.9 Å². The second-order valence-electron chi connectivity index (χ2n) is 3.21. The monoisotopic (exact) mass is 378 g/mol. The zero-order chi connectivity index (χ0) is 12.4. The molecule has 1 heterocycles. The van der Waals surface area contributed by atoms with Crippen LogP contribution in [0.15, 0.2) is 39.4 Å². The average molecular weight is 380 g/mol. The summed E-state index contributed by atoms with van der Waals surface area (Å²) in [6, 6.07) is 6.42. The minimum Gasteiger partial charge on any atom is -0.336 e. The van der Waals surface area contributed by atoms with Crippen molar-refractivity contribution in [3.8, 4) is 0 Å². The van der Waals surface area contributed by atoms with Crippen molar-refractivity contribution in [2.45, 2.75) is 0 Å². The van der Waals surface area contributed by atoms with Gasteiger partial charge >= 0.3 is 0 Å². The Hall–Kier alpha value is -0.650. The minimum atomic E-state index is -0.358. The van der Waals surface area contributed by atoms with Crippen LogP contribution in [0.2, 0.25) is 5.02 Å². The number of hydrogen-bond donors (Lipinski definition) is 1. The lowest BCUT2D eigenvalue weighted by molar-refractivity contribution is 0.631. The van der Waals surface area contributed by atoms with Gasteiger partial charge in [0.1, 0.15) is 11.6 Å². The molecule has 0 fully saturated rings. The van der Waals surface area contributed by atoms with Gasteiger partial charge in [0.2, 0.25) is 0 Å². The van der Waals surface area contributed by atoms with E-state index in [9.17, 15) is 4.39 Å². The molecule has 88 valence electrons. The fraction of sp³-hybridized carbons (Fsp3) is 0. The SMILES string of the molecule is Fc1cccc(Br)c1Nc1ncc(Cl)cc1Br. The standard InChI is InChI=1S/C11H6Br2ClFN2/c12-7-2-1-3-9(15)10(7)17-11-8(13)4-6(14)5-16-11/h1-5H,(H,16,17). The molecule has 0 aliphatic rings. The van der Waals surface area contributed by atoms with Crippen molar-refractivity contribution in [2.75, 3.05) is 5.32 Å². The van der Waals surface area contributed by atoms with E-state index in [4.69, 9.17) is 11.6 Å². The fourth-order valence-electron chi connectivity index (χ4n) is 1.24. The molecule has 2 nitrogen and oxygen atoms in total. The number of aromatic nitrogens is 1. The summed E-state index contributed by atoms with van der Waals surface area (Å²) in [6.07, 6.45) is 1.49. The summed E-state index contributed by atoms with van der Waals surface area (Å²) < 4.78 is 14.9. The van der Waals surface area contributed by atoms with E-state index in [1.54, 1.807) is 18.2 Å². The smallest absolute Gasteiger partial charge is 0.147 e. The molecule has 0 spiro atoms. The van der Waals surface area contributed by atoms with Gasteiger partial charge in [0, 0.05) is 10.7 Å². The predicted octanol–water partition coefficient (Wildman–Crippen LogP) is 5.14. The van der Waals surface area contributed by atoms with E-state index in [1.807, 2.05) is 0 Å². The molecule has 0 saturated heterocycles. The predicted molar refractivity (Wildman–Crippen MR) is 74.3 cm³/mol.